The van der Waals surface area contributed by atoms with E-state index in [-0.39, 0.29) is 11.7 Å². The molecular formula is C20H16Cl2FN3O. The number of hydrogen-bond donors (Lipinski definition) is 3. The normalized spacial score (nSPS) is 11.4. The summed E-state index contributed by atoms with van der Waals surface area (Å²) in [6.45, 7) is 2.27. The fourth-order valence-corrected chi connectivity index (χ4v) is 3.81. The largest absolute Gasteiger partial charge is 0.356 e. The summed E-state index contributed by atoms with van der Waals surface area (Å²) < 4.78 is 14.0. The zero-order chi connectivity index (χ0) is 19.1. The first kappa shape index (κ1) is 17.9. The van der Waals surface area contributed by atoms with Crippen molar-refractivity contribution in [3.8, 4) is 0 Å². The summed E-state index contributed by atoms with van der Waals surface area (Å²) in [5, 5.41) is 5.54. The standard InChI is InChI=1S/C20H16Cl2FN3O/c1-10-13(18-14(22)3-4-15(23)19(18)25-10)6-7-24-20(27)17-9-11-8-12(21)2-5-16(11)26-17/h2-5,8-9,25-26H,6-7H2,1H3,(H,24,27). The zero-order valence-electron chi connectivity index (χ0n) is 14.4. The SMILES string of the molecule is Cc1[nH]c2c(F)ccc(Cl)c2c1CCNC(=O)c1cc2cc(Cl)ccc2[nH]1. The van der Waals surface area contributed by atoms with Gasteiger partial charge in [0.25, 0.3) is 5.91 Å². The van der Waals surface area contributed by atoms with Crippen LogP contribution in [-0.2, 0) is 6.42 Å². The average Bonchev–Trinajstić information content (AvgIpc) is 3.20. The summed E-state index contributed by atoms with van der Waals surface area (Å²) in [7, 11) is 0. The number of halogens is 3. The number of fused-ring (bicyclic) bond motifs is 2. The van der Waals surface area contributed by atoms with Crippen molar-refractivity contribution in [1.82, 2.24) is 15.3 Å². The molecule has 0 aliphatic carbocycles. The van der Waals surface area contributed by atoms with Gasteiger partial charge in [-0.1, -0.05) is 23.2 Å². The van der Waals surface area contributed by atoms with Crippen molar-refractivity contribution in [2.45, 2.75) is 13.3 Å². The van der Waals surface area contributed by atoms with Crippen molar-refractivity contribution < 1.29 is 9.18 Å². The Labute approximate surface area is 164 Å². The lowest BCUT2D eigenvalue weighted by atomic mass is 10.1. The van der Waals surface area contributed by atoms with E-state index in [1.165, 1.54) is 6.07 Å². The minimum atomic E-state index is -0.343. The first-order valence-electron chi connectivity index (χ1n) is 8.45. The van der Waals surface area contributed by atoms with Crippen LogP contribution in [0.3, 0.4) is 0 Å². The molecule has 2 aromatic carbocycles. The van der Waals surface area contributed by atoms with Gasteiger partial charge in [0.2, 0.25) is 0 Å². The second-order valence-corrected chi connectivity index (χ2v) is 7.27. The maximum absolute atomic E-state index is 14.0. The highest BCUT2D eigenvalue weighted by Crippen LogP contribution is 2.31. The monoisotopic (exact) mass is 403 g/mol. The van der Waals surface area contributed by atoms with Gasteiger partial charge in [0.05, 0.1) is 10.5 Å². The Bertz CT molecular complexity index is 1180. The van der Waals surface area contributed by atoms with Gasteiger partial charge in [-0.2, -0.15) is 0 Å². The van der Waals surface area contributed by atoms with Crippen molar-refractivity contribution in [1.29, 1.82) is 0 Å². The van der Waals surface area contributed by atoms with Crippen LogP contribution in [0.1, 0.15) is 21.7 Å². The van der Waals surface area contributed by atoms with Crippen LogP contribution in [0.25, 0.3) is 21.8 Å². The summed E-state index contributed by atoms with van der Waals surface area (Å²) in [6.07, 6.45) is 0.535. The van der Waals surface area contributed by atoms with Crippen LogP contribution in [0.15, 0.2) is 36.4 Å². The molecule has 2 aromatic heterocycles. The number of amides is 1. The second kappa shape index (κ2) is 6.91. The molecule has 7 heteroatoms. The van der Waals surface area contributed by atoms with Crippen molar-refractivity contribution in [2.24, 2.45) is 0 Å². The van der Waals surface area contributed by atoms with Gasteiger partial charge < -0.3 is 15.3 Å². The Morgan fingerprint density at radius 3 is 2.78 bits per heavy atom. The Morgan fingerprint density at radius 2 is 1.96 bits per heavy atom. The molecule has 0 atom stereocenters. The number of hydrogen-bond acceptors (Lipinski definition) is 1. The fraction of sp³-hybridized carbons (Fsp3) is 0.150. The molecule has 3 N–H and O–H groups in total. The average molecular weight is 404 g/mol. The number of benzene rings is 2. The number of aromatic nitrogens is 2. The lowest BCUT2D eigenvalue weighted by Crippen LogP contribution is -2.26. The molecule has 0 aliphatic rings. The molecule has 4 rings (SSSR count). The Kier molecular flexibility index (Phi) is 4.58. The maximum atomic E-state index is 14.0. The van der Waals surface area contributed by atoms with Crippen LogP contribution < -0.4 is 5.32 Å². The lowest BCUT2D eigenvalue weighted by Gasteiger charge is -2.05. The fourth-order valence-electron chi connectivity index (χ4n) is 3.35. The second-order valence-electron chi connectivity index (χ2n) is 6.43. The molecule has 0 radical (unpaired) electrons. The molecule has 4 aromatic rings. The van der Waals surface area contributed by atoms with E-state index >= 15 is 0 Å². The molecule has 0 saturated heterocycles. The van der Waals surface area contributed by atoms with Crippen molar-refractivity contribution >= 4 is 50.9 Å². The molecular weight excluding hydrogens is 388 g/mol. The first-order valence-corrected chi connectivity index (χ1v) is 9.21. The van der Waals surface area contributed by atoms with Crippen molar-refractivity contribution in [3.63, 3.8) is 0 Å². The minimum Gasteiger partial charge on any atom is -0.356 e. The number of aryl methyl sites for hydroxylation is 1. The van der Waals surface area contributed by atoms with Gasteiger partial charge >= 0.3 is 0 Å². The van der Waals surface area contributed by atoms with Crippen LogP contribution in [0, 0.1) is 12.7 Å². The number of H-pyrrole nitrogens is 2. The number of nitrogens with one attached hydrogen (secondary N) is 3. The highest BCUT2D eigenvalue weighted by atomic mass is 35.5. The molecule has 4 nitrogen and oxygen atoms in total. The van der Waals surface area contributed by atoms with E-state index in [1.54, 1.807) is 24.3 Å². The molecule has 0 unspecified atom stereocenters. The number of carbonyl (C=O) groups is 1. The third-order valence-electron chi connectivity index (χ3n) is 4.66. The minimum absolute atomic E-state index is 0.211. The smallest absolute Gasteiger partial charge is 0.267 e. The molecule has 0 bridgehead atoms. The lowest BCUT2D eigenvalue weighted by molar-refractivity contribution is 0.0950. The van der Waals surface area contributed by atoms with Gasteiger partial charge in [0, 0.05) is 33.6 Å². The third-order valence-corrected chi connectivity index (χ3v) is 5.21. The molecule has 0 spiro atoms. The number of carbonyl (C=O) groups excluding carboxylic acids is 1. The van der Waals surface area contributed by atoms with E-state index in [2.05, 4.69) is 15.3 Å². The van der Waals surface area contributed by atoms with Crippen LogP contribution in [0.4, 0.5) is 4.39 Å². The van der Waals surface area contributed by atoms with Gasteiger partial charge in [-0.25, -0.2) is 4.39 Å². The quantitative estimate of drug-likeness (QED) is 0.421. The first-order chi connectivity index (χ1) is 12.9. The van der Waals surface area contributed by atoms with Crippen molar-refractivity contribution in [3.05, 3.63) is 69.2 Å². The van der Waals surface area contributed by atoms with E-state index in [0.717, 1.165) is 22.2 Å². The summed E-state index contributed by atoms with van der Waals surface area (Å²) in [5.41, 5.74) is 3.45. The van der Waals surface area contributed by atoms with E-state index in [1.807, 2.05) is 13.0 Å². The Hall–Kier alpha value is -2.50. The van der Waals surface area contributed by atoms with Crippen LogP contribution in [0.2, 0.25) is 10.0 Å². The van der Waals surface area contributed by atoms with Crippen LogP contribution in [0.5, 0.6) is 0 Å². The predicted octanol–water partition coefficient (Wildman–Crippen LogP) is 5.38. The highest BCUT2D eigenvalue weighted by molar-refractivity contribution is 6.35. The molecule has 2 heterocycles. The Morgan fingerprint density at radius 1 is 1.15 bits per heavy atom. The van der Waals surface area contributed by atoms with E-state index in [4.69, 9.17) is 23.2 Å². The summed E-state index contributed by atoms with van der Waals surface area (Å²) in [6, 6.07) is 10.1. The van der Waals surface area contributed by atoms with Crippen LogP contribution in [-0.4, -0.2) is 22.4 Å². The Balaban J connectivity index is 1.51. The van der Waals surface area contributed by atoms with E-state index in [0.29, 0.717) is 39.6 Å². The van der Waals surface area contributed by atoms with Gasteiger partial charge in [0.15, 0.2) is 0 Å². The highest BCUT2D eigenvalue weighted by Gasteiger charge is 2.15. The van der Waals surface area contributed by atoms with Gasteiger partial charge in [0.1, 0.15) is 11.5 Å². The van der Waals surface area contributed by atoms with Gasteiger partial charge in [-0.05, 0) is 55.3 Å². The van der Waals surface area contributed by atoms with Crippen LogP contribution >= 0.6 is 23.2 Å². The van der Waals surface area contributed by atoms with E-state index in [9.17, 15) is 9.18 Å². The third kappa shape index (κ3) is 3.29. The maximum Gasteiger partial charge on any atom is 0.267 e. The molecule has 27 heavy (non-hydrogen) atoms. The zero-order valence-corrected chi connectivity index (χ0v) is 15.9. The number of rotatable bonds is 4. The van der Waals surface area contributed by atoms with Crippen molar-refractivity contribution in [2.75, 3.05) is 6.54 Å². The molecule has 1 amide bonds. The van der Waals surface area contributed by atoms with E-state index < -0.39 is 0 Å². The van der Waals surface area contributed by atoms with Gasteiger partial charge in [-0.3, -0.25) is 4.79 Å². The number of aromatic amines is 2. The predicted molar refractivity (Wildman–Crippen MR) is 107 cm³/mol. The summed E-state index contributed by atoms with van der Waals surface area (Å²) in [4.78, 5) is 18.5. The van der Waals surface area contributed by atoms with Gasteiger partial charge in [-0.15, -0.1) is 0 Å². The summed E-state index contributed by atoms with van der Waals surface area (Å²) >= 11 is 12.2. The molecule has 138 valence electrons. The molecule has 0 aliphatic heterocycles. The molecule has 0 saturated carbocycles. The summed E-state index contributed by atoms with van der Waals surface area (Å²) in [5.74, 6) is -0.554. The topological polar surface area (TPSA) is 60.7 Å². The molecule has 0 fully saturated rings.